The average Bonchev–Trinajstić information content (AvgIpc) is 3.31. The number of rotatable bonds is 1. The van der Waals surface area contributed by atoms with Gasteiger partial charge in [-0.2, -0.15) is 18.3 Å². The Kier molecular flexibility index (Phi) is 6.49. The van der Waals surface area contributed by atoms with Gasteiger partial charge in [-0.3, -0.25) is 4.79 Å². The lowest BCUT2D eigenvalue weighted by atomic mass is 9.97. The van der Waals surface area contributed by atoms with Crippen molar-refractivity contribution in [3.63, 3.8) is 0 Å². The Hall–Kier alpha value is -3.40. The van der Waals surface area contributed by atoms with Gasteiger partial charge in [0.25, 0.3) is 5.91 Å². The van der Waals surface area contributed by atoms with Gasteiger partial charge in [-0.1, -0.05) is 11.8 Å². The van der Waals surface area contributed by atoms with Crippen LogP contribution in [-0.4, -0.2) is 69.9 Å². The largest absolute Gasteiger partial charge is 0.488 e. The summed E-state index contributed by atoms with van der Waals surface area (Å²) in [5.41, 5.74) is -0.785. The third-order valence-electron chi connectivity index (χ3n) is 5.49. The molecule has 1 fully saturated rings. The molecule has 182 valence electrons. The van der Waals surface area contributed by atoms with Gasteiger partial charge in [-0.05, 0) is 32.2 Å². The van der Waals surface area contributed by atoms with E-state index in [1.165, 1.54) is 12.1 Å². The Morgan fingerprint density at radius 1 is 1.32 bits per heavy atom. The molecule has 4 rings (SSSR count). The summed E-state index contributed by atoms with van der Waals surface area (Å²) in [7, 11) is 1.86. The van der Waals surface area contributed by atoms with E-state index in [4.69, 9.17) is 15.3 Å². The van der Waals surface area contributed by atoms with Crippen molar-refractivity contribution < 1.29 is 37.7 Å². The van der Waals surface area contributed by atoms with Gasteiger partial charge >= 0.3 is 6.18 Å². The minimum absolute atomic E-state index is 0.0538. The maximum atomic E-state index is 13.9. The molecular formula is C22H23F3N4O5. The standard InChI is InChI=1S/C21H21F3N4O4.CH2O/c1-19(30)11-32-14-4-3-12(5-6-20(31)7-8-27(2)10-20)9-13(14)28-17(19)15(21(22,23)24)16(26-28)18(25)29;1-2/h3-4,9,30-31H,7-8,10-11H2,1-2H3,(H2,25,29);1H2/t19-,20-;/m0./s1. The third kappa shape index (κ3) is 4.63. The van der Waals surface area contributed by atoms with Crippen LogP contribution < -0.4 is 10.5 Å². The minimum atomic E-state index is -5.00. The lowest BCUT2D eigenvalue weighted by Crippen LogP contribution is -2.33. The van der Waals surface area contributed by atoms with Gasteiger partial charge in [-0.15, -0.1) is 0 Å². The monoisotopic (exact) mass is 480 g/mol. The van der Waals surface area contributed by atoms with Crippen molar-refractivity contribution in [2.45, 2.75) is 30.7 Å². The number of aliphatic hydroxyl groups is 2. The van der Waals surface area contributed by atoms with Crippen molar-refractivity contribution in [1.29, 1.82) is 0 Å². The number of fused-ring (bicyclic) bond motifs is 3. The van der Waals surface area contributed by atoms with E-state index in [2.05, 4.69) is 16.9 Å². The van der Waals surface area contributed by atoms with Gasteiger partial charge in [0.1, 0.15) is 41.6 Å². The topological polar surface area (TPSA) is 131 Å². The number of carbonyl (C=O) groups excluding carboxylic acids is 2. The van der Waals surface area contributed by atoms with Crippen molar-refractivity contribution >= 4 is 12.7 Å². The molecule has 2 aromatic rings. The number of amides is 1. The fraction of sp³-hybridized carbons (Fsp3) is 0.409. The first kappa shape index (κ1) is 25.2. The number of nitrogens with two attached hydrogens (primary N) is 1. The summed E-state index contributed by atoms with van der Waals surface area (Å²) in [6, 6.07) is 4.48. The Labute approximate surface area is 192 Å². The quantitative estimate of drug-likeness (QED) is 0.515. The van der Waals surface area contributed by atoms with Gasteiger partial charge < -0.3 is 30.4 Å². The number of β-amino-alcohol motifs (C(OH)–C–C–N with tert-alkyl or cyclic N) is 1. The number of carbonyl (C=O) groups is 2. The number of halogens is 3. The number of nitrogens with zero attached hydrogens (tertiary/aromatic N) is 3. The number of ether oxygens (including phenoxy) is 1. The Balaban J connectivity index is 0.00000158. The Bertz CT molecular complexity index is 1180. The van der Waals surface area contributed by atoms with E-state index in [0.29, 0.717) is 25.1 Å². The summed E-state index contributed by atoms with van der Waals surface area (Å²) in [5.74, 6) is 4.43. The van der Waals surface area contributed by atoms with Gasteiger partial charge in [0.15, 0.2) is 5.69 Å². The number of hydrogen-bond acceptors (Lipinski definition) is 7. The first-order chi connectivity index (χ1) is 15.8. The van der Waals surface area contributed by atoms with Crippen molar-refractivity contribution in [3.8, 4) is 23.3 Å². The summed E-state index contributed by atoms with van der Waals surface area (Å²) >= 11 is 0. The fourth-order valence-electron chi connectivity index (χ4n) is 3.97. The number of benzene rings is 1. The van der Waals surface area contributed by atoms with Gasteiger partial charge in [0.05, 0.1) is 5.69 Å². The first-order valence-corrected chi connectivity index (χ1v) is 10.0. The van der Waals surface area contributed by atoms with Crippen LogP contribution in [-0.2, 0) is 16.6 Å². The summed E-state index contributed by atoms with van der Waals surface area (Å²) < 4.78 is 48.0. The zero-order chi connectivity index (χ0) is 25.5. The normalized spacial score (nSPS) is 23.9. The molecule has 3 heterocycles. The second kappa shape index (κ2) is 8.75. The molecule has 1 saturated heterocycles. The van der Waals surface area contributed by atoms with Crippen molar-refractivity contribution in [2.75, 3.05) is 26.7 Å². The smallest absolute Gasteiger partial charge is 0.420 e. The molecule has 1 amide bonds. The van der Waals surface area contributed by atoms with Crippen LogP contribution >= 0.6 is 0 Å². The highest BCUT2D eigenvalue weighted by molar-refractivity contribution is 5.93. The highest BCUT2D eigenvalue weighted by Crippen LogP contribution is 2.43. The maximum Gasteiger partial charge on any atom is 0.420 e. The average molecular weight is 480 g/mol. The van der Waals surface area contributed by atoms with Crippen molar-refractivity contribution in [2.24, 2.45) is 5.73 Å². The summed E-state index contributed by atoms with van der Waals surface area (Å²) in [6.45, 7) is 3.69. The minimum Gasteiger partial charge on any atom is -0.488 e. The molecule has 9 nitrogen and oxygen atoms in total. The molecule has 34 heavy (non-hydrogen) atoms. The number of likely N-dealkylation sites (tertiary alicyclic amines) is 1. The number of likely N-dealkylation sites (N-methyl/N-ethyl adjacent to an activating group) is 1. The first-order valence-electron chi connectivity index (χ1n) is 10.0. The zero-order valence-corrected chi connectivity index (χ0v) is 18.4. The van der Waals surface area contributed by atoms with E-state index in [1.807, 2.05) is 18.7 Å². The van der Waals surface area contributed by atoms with Crippen LogP contribution in [0.5, 0.6) is 5.75 Å². The highest BCUT2D eigenvalue weighted by atomic mass is 19.4. The third-order valence-corrected chi connectivity index (χ3v) is 5.49. The van der Waals surface area contributed by atoms with E-state index in [9.17, 15) is 28.2 Å². The van der Waals surface area contributed by atoms with E-state index < -0.39 is 46.8 Å². The summed E-state index contributed by atoms with van der Waals surface area (Å²) in [5, 5.41) is 25.1. The highest BCUT2D eigenvalue weighted by Gasteiger charge is 2.48. The molecular weight excluding hydrogens is 457 g/mol. The van der Waals surface area contributed by atoms with E-state index in [-0.39, 0.29) is 11.4 Å². The molecule has 2 aliphatic heterocycles. The molecule has 0 aliphatic carbocycles. The second-order valence-electron chi connectivity index (χ2n) is 8.36. The lowest BCUT2D eigenvalue weighted by molar-refractivity contribution is -0.141. The molecule has 4 N–H and O–H groups in total. The number of aromatic nitrogens is 2. The summed E-state index contributed by atoms with van der Waals surface area (Å²) in [6.07, 6.45) is -4.53. The molecule has 12 heteroatoms. The molecule has 1 aromatic carbocycles. The second-order valence-corrected chi connectivity index (χ2v) is 8.36. The maximum absolute atomic E-state index is 13.9. The number of primary amides is 1. The summed E-state index contributed by atoms with van der Waals surface area (Å²) in [4.78, 5) is 21.7. The zero-order valence-electron chi connectivity index (χ0n) is 18.4. The lowest BCUT2D eigenvalue weighted by Gasteiger charge is -2.23. The van der Waals surface area contributed by atoms with Crippen molar-refractivity contribution in [3.05, 3.63) is 40.7 Å². The predicted molar refractivity (Wildman–Crippen MR) is 113 cm³/mol. The van der Waals surface area contributed by atoms with Crippen LogP contribution in [0.15, 0.2) is 18.2 Å². The van der Waals surface area contributed by atoms with Crippen LogP contribution in [0, 0.1) is 11.8 Å². The van der Waals surface area contributed by atoms with Crippen LogP contribution in [0.2, 0.25) is 0 Å². The molecule has 0 saturated carbocycles. The molecule has 2 aliphatic rings. The Morgan fingerprint density at radius 2 is 2.00 bits per heavy atom. The van der Waals surface area contributed by atoms with Crippen LogP contribution in [0.1, 0.15) is 40.7 Å². The molecule has 0 bridgehead atoms. The van der Waals surface area contributed by atoms with Crippen molar-refractivity contribution in [1.82, 2.24) is 14.7 Å². The van der Waals surface area contributed by atoms with Crippen LogP contribution in [0.4, 0.5) is 13.2 Å². The van der Waals surface area contributed by atoms with Gasteiger partial charge in [-0.25, -0.2) is 4.68 Å². The van der Waals surface area contributed by atoms with Crippen LogP contribution in [0.3, 0.4) is 0 Å². The van der Waals surface area contributed by atoms with E-state index in [1.54, 1.807) is 6.07 Å². The molecule has 0 radical (unpaired) electrons. The molecule has 0 spiro atoms. The predicted octanol–water partition coefficient (Wildman–Crippen LogP) is 0.823. The van der Waals surface area contributed by atoms with Gasteiger partial charge in [0, 0.05) is 25.1 Å². The van der Waals surface area contributed by atoms with Gasteiger partial charge in [0.2, 0.25) is 0 Å². The van der Waals surface area contributed by atoms with Crippen LogP contribution in [0.25, 0.3) is 5.69 Å². The molecule has 0 unspecified atom stereocenters. The Morgan fingerprint density at radius 3 is 2.56 bits per heavy atom. The van der Waals surface area contributed by atoms with E-state index >= 15 is 0 Å². The fourth-order valence-corrected chi connectivity index (χ4v) is 3.97. The molecule has 2 atom stereocenters. The SMILES string of the molecule is C=O.CN1CC[C@@](O)(C#Cc2ccc3c(c2)-n2nc(C(N)=O)c(C(F)(F)F)c2[C@@](C)(O)CO3)C1. The number of hydrogen-bond donors (Lipinski definition) is 3. The number of alkyl halides is 3. The van der Waals surface area contributed by atoms with E-state index in [0.717, 1.165) is 11.6 Å². The molecule has 1 aromatic heterocycles.